The summed E-state index contributed by atoms with van der Waals surface area (Å²) in [6.45, 7) is 1.53. The first kappa shape index (κ1) is 7.10. The summed E-state index contributed by atoms with van der Waals surface area (Å²) in [7, 11) is 0. The Kier molecular flexibility index (Phi) is 2.79. The second kappa shape index (κ2) is 3.15. The van der Waals surface area contributed by atoms with Gasteiger partial charge in [0, 0.05) is 0 Å². The van der Waals surface area contributed by atoms with Crippen LogP contribution in [-0.4, -0.2) is 23.7 Å². The summed E-state index contributed by atoms with van der Waals surface area (Å²) in [6.07, 6.45) is 0.994. The fourth-order valence-corrected chi connectivity index (χ4v) is 0.166. The highest BCUT2D eigenvalue weighted by Gasteiger charge is 2.02. The molecule has 0 aliphatic heterocycles. The molecule has 0 aliphatic carbocycles. The number of hydrogen-bond acceptors (Lipinski definition) is 3. The Balaban J connectivity index is 3.60. The van der Waals surface area contributed by atoms with Crippen LogP contribution >= 0.6 is 0 Å². The van der Waals surface area contributed by atoms with Gasteiger partial charge in [-0.1, -0.05) is 0 Å². The van der Waals surface area contributed by atoms with Crippen molar-refractivity contribution in [2.75, 3.05) is 0 Å². The summed E-state index contributed by atoms with van der Waals surface area (Å²) >= 11 is 0. The molecule has 46 valence electrons. The Bertz CT molecular complexity index is 82.0. The van der Waals surface area contributed by atoms with Gasteiger partial charge in [0.1, 0.15) is 12.3 Å². The van der Waals surface area contributed by atoms with Gasteiger partial charge in [0.25, 0.3) is 0 Å². The van der Waals surface area contributed by atoms with Crippen LogP contribution in [-0.2, 0) is 9.59 Å². The SMILES string of the molecule is CC(C=O)N(N)C=O. The van der Waals surface area contributed by atoms with Crippen molar-refractivity contribution in [2.24, 2.45) is 5.84 Å². The van der Waals surface area contributed by atoms with E-state index in [-0.39, 0.29) is 0 Å². The molecular formula is C4H8N2O2. The summed E-state index contributed by atoms with van der Waals surface area (Å²) < 4.78 is 0. The molecule has 0 aliphatic rings. The third-order valence-electron chi connectivity index (χ3n) is 0.789. The second-order valence-corrected chi connectivity index (χ2v) is 1.43. The summed E-state index contributed by atoms with van der Waals surface area (Å²) in [5, 5.41) is 0.799. The van der Waals surface area contributed by atoms with E-state index in [0.717, 1.165) is 5.01 Å². The zero-order chi connectivity index (χ0) is 6.57. The first-order valence-electron chi connectivity index (χ1n) is 2.16. The van der Waals surface area contributed by atoms with Gasteiger partial charge in [0.05, 0.1) is 0 Å². The molecule has 8 heavy (non-hydrogen) atoms. The maximum absolute atomic E-state index is 9.82. The topological polar surface area (TPSA) is 63.4 Å². The molecule has 0 radical (unpaired) electrons. The lowest BCUT2D eigenvalue weighted by Crippen LogP contribution is -2.38. The monoisotopic (exact) mass is 116 g/mol. The minimum Gasteiger partial charge on any atom is -0.301 e. The van der Waals surface area contributed by atoms with Crippen LogP contribution in [0.15, 0.2) is 0 Å². The van der Waals surface area contributed by atoms with Crippen molar-refractivity contribution < 1.29 is 9.59 Å². The normalized spacial score (nSPS) is 12.2. The van der Waals surface area contributed by atoms with E-state index in [1.807, 2.05) is 0 Å². The fourth-order valence-electron chi connectivity index (χ4n) is 0.166. The van der Waals surface area contributed by atoms with E-state index >= 15 is 0 Å². The van der Waals surface area contributed by atoms with E-state index in [2.05, 4.69) is 0 Å². The van der Waals surface area contributed by atoms with Crippen molar-refractivity contribution in [3.05, 3.63) is 0 Å². The highest BCUT2D eigenvalue weighted by Crippen LogP contribution is 1.79. The Labute approximate surface area is 47.2 Å². The lowest BCUT2D eigenvalue weighted by Gasteiger charge is -2.11. The molecule has 2 N–H and O–H groups in total. The van der Waals surface area contributed by atoms with E-state index in [1.54, 1.807) is 0 Å². The third-order valence-corrected chi connectivity index (χ3v) is 0.789. The van der Waals surface area contributed by atoms with Gasteiger partial charge in [0.2, 0.25) is 6.41 Å². The number of carbonyl (C=O) groups excluding carboxylic acids is 2. The lowest BCUT2D eigenvalue weighted by atomic mass is 10.4. The maximum atomic E-state index is 9.82. The van der Waals surface area contributed by atoms with E-state index in [0.29, 0.717) is 12.7 Å². The van der Waals surface area contributed by atoms with E-state index in [1.165, 1.54) is 6.92 Å². The van der Waals surface area contributed by atoms with Crippen LogP contribution in [0.1, 0.15) is 6.92 Å². The number of rotatable bonds is 3. The van der Waals surface area contributed by atoms with Crippen molar-refractivity contribution >= 4 is 12.7 Å². The van der Waals surface area contributed by atoms with Crippen LogP contribution < -0.4 is 5.84 Å². The minimum atomic E-state index is -0.521. The number of carbonyl (C=O) groups is 2. The van der Waals surface area contributed by atoms with Crippen molar-refractivity contribution in [3.63, 3.8) is 0 Å². The zero-order valence-electron chi connectivity index (χ0n) is 4.57. The molecule has 1 amide bonds. The number of hydrogen-bond donors (Lipinski definition) is 1. The van der Waals surface area contributed by atoms with Gasteiger partial charge >= 0.3 is 0 Å². The molecule has 0 saturated heterocycles. The Morgan fingerprint density at radius 2 is 2.12 bits per heavy atom. The van der Waals surface area contributed by atoms with Gasteiger partial charge < -0.3 is 4.79 Å². The lowest BCUT2D eigenvalue weighted by molar-refractivity contribution is -0.125. The van der Waals surface area contributed by atoms with Crippen LogP contribution in [0.3, 0.4) is 0 Å². The summed E-state index contributed by atoms with van der Waals surface area (Å²) in [4.78, 5) is 19.6. The third kappa shape index (κ3) is 1.70. The van der Waals surface area contributed by atoms with Crippen LogP contribution in [0.5, 0.6) is 0 Å². The highest BCUT2D eigenvalue weighted by molar-refractivity contribution is 5.62. The van der Waals surface area contributed by atoms with Gasteiger partial charge in [-0.2, -0.15) is 0 Å². The Morgan fingerprint density at radius 3 is 2.25 bits per heavy atom. The summed E-state index contributed by atoms with van der Waals surface area (Å²) in [5.41, 5.74) is 0. The maximum Gasteiger partial charge on any atom is 0.224 e. The molecule has 0 bridgehead atoms. The molecule has 0 saturated carbocycles. The van der Waals surface area contributed by atoms with Crippen molar-refractivity contribution in [1.82, 2.24) is 5.01 Å². The molecule has 4 heteroatoms. The van der Waals surface area contributed by atoms with Crippen LogP contribution in [0.2, 0.25) is 0 Å². The standard InChI is InChI=1S/C4H8N2O2/c1-4(2-7)6(5)3-8/h2-4H,5H2,1H3. The van der Waals surface area contributed by atoms with Gasteiger partial charge in [-0.25, -0.2) is 5.84 Å². The van der Waals surface area contributed by atoms with E-state index in [4.69, 9.17) is 5.84 Å². The largest absolute Gasteiger partial charge is 0.301 e. The fraction of sp³-hybridized carbons (Fsp3) is 0.500. The first-order chi connectivity index (χ1) is 3.72. The summed E-state index contributed by atoms with van der Waals surface area (Å²) in [6, 6.07) is -0.521. The molecule has 0 fully saturated rings. The average Bonchev–Trinajstić information content (AvgIpc) is 1.84. The zero-order valence-corrected chi connectivity index (χ0v) is 4.57. The Morgan fingerprint density at radius 1 is 1.62 bits per heavy atom. The molecule has 0 heterocycles. The van der Waals surface area contributed by atoms with Crippen molar-refractivity contribution in [3.8, 4) is 0 Å². The average molecular weight is 116 g/mol. The molecule has 1 atom stereocenters. The van der Waals surface area contributed by atoms with Crippen molar-refractivity contribution in [2.45, 2.75) is 13.0 Å². The Hall–Kier alpha value is -0.900. The molecule has 0 aromatic carbocycles. The molecule has 0 aromatic heterocycles. The van der Waals surface area contributed by atoms with Crippen LogP contribution in [0.25, 0.3) is 0 Å². The van der Waals surface area contributed by atoms with E-state index in [9.17, 15) is 9.59 Å². The molecule has 1 unspecified atom stereocenters. The molecule has 4 nitrogen and oxygen atoms in total. The molecular weight excluding hydrogens is 108 g/mol. The van der Waals surface area contributed by atoms with E-state index < -0.39 is 6.04 Å². The van der Waals surface area contributed by atoms with Gasteiger partial charge in [-0.3, -0.25) is 9.80 Å². The van der Waals surface area contributed by atoms with Crippen molar-refractivity contribution in [1.29, 1.82) is 0 Å². The number of nitrogens with zero attached hydrogens (tertiary/aromatic N) is 1. The summed E-state index contributed by atoms with van der Waals surface area (Å²) in [5.74, 6) is 4.96. The van der Waals surface area contributed by atoms with Crippen LogP contribution in [0.4, 0.5) is 0 Å². The highest BCUT2D eigenvalue weighted by atomic mass is 16.1. The van der Waals surface area contributed by atoms with Gasteiger partial charge in [0.15, 0.2) is 0 Å². The molecule has 0 rings (SSSR count). The van der Waals surface area contributed by atoms with Gasteiger partial charge in [-0.15, -0.1) is 0 Å². The smallest absolute Gasteiger partial charge is 0.224 e. The minimum absolute atomic E-state index is 0.402. The van der Waals surface area contributed by atoms with Crippen LogP contribution in [0, 0.1) is 0 Å². The quantitative estimate of drug-likeness (QED) is 0.220. The predicted molar refractivity (Wildman–Crippen MR) is 27.6 cm³/mol. The number of amides is 1. The second-order valence-electron chi connectivity index (χ2n) is 1.43. The number of hydrazine groups is 1. The molecule has 0 spiro atoms. The number of nitrogens with two attached hydrogens (primary N) is 1. The first-order valence-corrected chi connectivity index (χ1v) is 2.16. The molecule has 0 aromatic rings. The predicted octanol–water partition coefficient (Wildman–Crippen LogP) is -1.09. The number of aldehydes is 1. The van der Waals surface area contributed by atoms with Gasteiger partial charge in [-0.05, 0) is 6.92 Å².